The summed E-state index contributed by atoms with van der Waals surface area (Å²) in [6.07, 6.45) is 9.06. The second kappa shape index (κ2) is 7.27. The molecule has 3 aliphatic heterocycles. The van der Waals surface area contributed by atoms with E-state index in [1.165, 1.54) is 0 Å². The molecule has 7 nitrogen and oxygen atoms in total. The second-order valence-electron chi connectivity index (χ2n) is 7.73. The van der Waals surface area contributed by atoms with Crippen molar-refractivity contribution in [1.82, 2.24) is 10.2 Å². The van der Waals surface area contributed by atoms with Gasteiger partial charge in [-0.3, -0.25) is 9.59 Å². The van der Waals surface area contributed by atoms with Gasteiger partial charge in [-0.15, -0.1) is 12.3 Å². The number of benzene rings is 1. The van der Waals surface area contributed by atoms with Crippen LogP contribution in [0.2, 0.25) is 0 Å². The van der Waals surface area contributed by atoms with Gasteiger partial charge in [-0.05, 0) is 12.1 Å². The normalized spacial score (nSPS) is 21.1. The smallest absolute Gasteiger partial charge is 0.255 e. The number of piperidine rings is 1. The number of hydrogen-bond donors (Lipinski definition) is 1. The fraction of sp³-hybridized carbons (Fsp3) is 0.524. The number of nitrogens with zero attached hydrogens (tertiary/aromatic N) is 3. The third-order valence-electron chi connectivity index (χ3n) is 5.85. The van der Waals surface area contributed by atoms with Crippen molar-refractivity contribution in [3.63, 3.8) is 0 Å². The molecule has 4 rings (SSSR count). The fourth-order valence-electron chi connectivity index (χ4n) is 3.92. The molecule has 0 unspecified atom stereocenters. The summed E-state index contributed by atoms with van der Waals surface area (Å²) in [6.45, 7) is 1.68. The molecule has 0 bridgehead atoms. The van der Waals surface area contributed by atoms with E-state index >= 15 is 0 Å². The van der Waals surface area contributed by atoms with Crippen LogP contribution in [0.25, 0.3) is 0 Å². The molecule has 1 aromatic carbocycles. The summed E-state index contributed by atoms with van der Waals surface area (Å²) < 4.78 is 6.28. The number of hydrogen-bond acceptors (Lipinski definition) is 5. The monoisotopic (exact) mass is 380 g/mol. The zero-order valence-corrected chi connectivity index (χ0v) is 15.8. The highest BCUT2D eigenvalue weighted by Gasteiger charge is 2.42. The molecule has 0 aromatic heterocycles. The summed E-state index contributed by atoms with van der Waals surface area (Å²) in [5, 5.41) is 11.2. The predicted octanol–water partition coefficient (Wildman–Crippen LogP) is 2.53. The summed E-state index contributed by atoms with van der Waals surface area (Å²) >= 11 is 0. The minimum Gasteiger partial charge on any atom is -0.484 e. The van der Waals surface area contributed by atoms with Crippen molar-refractivity contribution in [1.29, 1.82) is 0 Å². The number of para-hydroxylation sites is 1. The third kappa shape index (κ3) is 3.72. The van der Waals surface area contributed by atoms with E-state index in [1.54, 1.807) is 6.07 Å². The van der Waals surface area contributed by atoms with E-state index in [-0.39, 0.29) is 11.8 Å². The lowest BCUT2D eigenvalue weighted by molar-refractivity contribution is -0.134. The molecule has 0 saturated carbocycles. The molecular weight excluding hydrogens is 356 g/mol. The van der Waals surface area contributed by atoms with Crippen LogP contribution >= 0.6 is 0 Å². The maximum Gasteiger partial charge on any atom is 0.255 e. The van der Waals surface area contributed by atoms with Crippen LogP contribution < -0.4 is 10.1 Å². The van der Waals surface area contributed by atoms with Crippen molar-refractivity contribution in [2.75, 3.05) is 19.6 Å². The van der Waals surface area contributed by atoms with Gasteiger partial charge in [0.25, 0.3) is 5.91 Å². The molecule has 2 amide bonds. The first-order chi connectivity index (χ1) is 13.5. The highest BCUT2D eigenvalue weighted by Crippen LogP contribution is 2.38. The van der Waals surface area contributed by atoms with E-state index < -0.39 is 11.3 Å². The van der Waals surface area contributed by atoms with E-state index in [9.17, 15) is 9.59 Å². The standard InChI is InChI=1S/C21H24N4O3/c1-2-3-9-21(23-24-21)10-8-18(26)25-13-11-20(12-14-25)15-22-19(27)16-6-4-5-7-17(16)28-20/h1,4-7H,3,8-15H2,(H,22,27). The van der Waals surface area contributed by atoms with E-state index in [0.29, 0.717) is 69.5 Å². The van der Waals surface area contributed by atoms with Crippen molar-refractivity contribution < 1.29 is 14.3 Å². The highest BCUT2D eigenvalue weighted by molar-refractivity contribution is 5.97. The molecule has 1 fully saturated rings. The van der Waals surface area contributed by atoms with E-state index in [2.05, 4.69) is 21.5 Å². The number of carbonyl (C=O) groups is 2. The first-order valence-corrected chi connectivity index (χ1v) is 9.76. The van der Waals surface area contributed by atoms with Gasteiger partial charge < -0.3 is 15.0 Å². The van der Waals surface area contributed by atoms with E-state index in [0.717, 1.165) is 0 Å². The summed E-state index contributed by atoms with van der Waals surface area (Å²) in [7, 11) is 0. The average Bonchev–Trinajstić information content (AvgIpc) is 3.51. The summed E-state index contributed by atoms with van der Waals surface area (Å²) in [6, 6.07) is 7.30. The van der Waals surface area contributed by atoms with Crippen LogP contribution in [0.4, 0.5) is 0 Å². The van der Waals surface area contributed by atoms with Crippen LogP contribution in [0.15, 0.2) is 34.5 Å². The minimum absolute atomic E-state index is 0.111. The zero-order chi connectivity index (χ0) is 19.6. The quantitative estimate of drug-likeness (QED) is 0.797. The van der Waals surface area contributed by atoms with Gasteiger partial charge in [-0.2, -0.15) is 10.2 Å². The number of nitrogens with one attached hydrogen (secondary N) is 1. The van der Waals surface area contributed by atoms with Gasteiger partial charge in [-0.1, -0.05) is 12.1 Å². The number of terminal acetylenes is 1. The SMILES string of the molecule is C#CCCC1(CCC(=O)N2CCC3(CC2)CNC(=O)c2ccccc2O3)N=N1. The third-order valence-corrected chi connectivity index (χ3v) is 5.85. The highest BCUT2D eigenvalue weighted by atomic mass is 16.5. The minimum atomic E-state index is -0.464. The first kappa shape index (κ1) is 18.5. The number of rotatable bonds is 5. The Labute approximate surface area is 164 Å². The maximum atomic E-state index is 12.6. The Bertz CT molecular complexity index is 843. The molecule has 1 N–H and O–H groups in total. The van der Waals surface area contributed by atoms with Crippen molar-refractivity contribution in [2.45, 2.75) is 49.8 Å². The molecule has 3 aliphatic rings. The number of fused-ring (bicyclic) bond motifs is 1. The maximum absolute atomic E-state index is 12.6. The fourth-order valence-corrected chi connectivity index (χ4v) is 3.92. The Hall–Kier alpha value is -2.88. The summed E-state index contributed by atoms with van der Waals surface area (Å²) in [5.41, 5.74) is -0.321. The average molecular weight is 380 g/mol. The van der Waals surface area contributed by atoms with Crippen molar-refractivity contribution in [3.8, 4) is 18.1 Å². The van der Waals surface area contributed by atoms with Crippen LogP contribution in [0, 0.1) is 12.3 Å². The predicted molar refractivity (Wildman–Crippen MR) is 103 cm³/mol. The lowest BCUT2D eigenvalue weighted by Gasteiger charge is -2.41. The number of carbonyl (C=O) groups excluding carboxylic acids is 2. The Balaban J connectivity index is 1.33. The van der Waals surface area contributed by atoms with Crippen LogP contribution in [0.5, 0.6) is 5.75 Å². The van der Waals surface area contributed by atoms with Gasteiger partial charge in [0, 0.05) is 51.6 Å². The van der Waals surface area contributed by atoms with Crippen molar-refractivity contribution >= 4 is 11.8 Å². The van der Waals surface area contributed by atoms with Crippen molar-refractivity contribution in [3.05, 3.63) is 29.8 Å². The molecule has 1 saturated heterocycles. The van der Waals surface area contributed by atoms with Gasteiger partial charge >= 0.3 is 0 Å². The lowest BCUT2D eigenvalue weighted by Crippen LogP contribution is -2.54. The molecule has 146 valence electrons. The molecule has 3 heterocycles. The van der Waals surface area contributed by atoms with Crippen molar-refractivity contribution in [2.24, 2.45) is 10.2 Å². The molecule has 28 heavy (non-hydrogen) atoms. The molecular formula is C21H24N4O3. The molecule has 0 radical (unpaired) electrons. The topological polar surface area (TPSA) is 83.4 Å². The van der Waals surface area contributed by atoms with Crippen LogP contribution in [-0.4, -0.2) is 47.6 Å². The lowest BCUT2D eigenvalue weighted by atomic mass is 9.90. The molecule has 1 spiro atoms. The van der Waals surface area contributed by atoms with Gasteiger partial charge in [0.15, 0.2) is 5.66 Å². The zero-order valence-electron chi connectivity index (χ0n) is 15.8. The Kier molecular flexibility index (Phi) is 4.80. The molecule has 7 heteroatoms. The Morgan fingerprint density at radius 1 is 1.25 bits per heavy atom. The van der Waals surface area contributed by atoms with Gasteiger partial charge in [-0.25, -0.2) is 0 Å². The molecule has 0 atom stereocenters. The van der Waals surface area contributed by atoms with Crippen LogP contribution in [0.3, 0.4) is 0 Å². The van der Waals surface area contributed by atoms with Gasteiger partial charge in [0.05, 0.1) is 12.1 Å². The first-order valence-electron chi connectivity index (χ1n) is 9.76. The van der Waals surface area contributed by atoms with E-state index in [4.69, 9.17) is 11.2 Å². The Morgan fingerprint density at radius 3 is 2.71 bits per heavy atom. The number of ether oxygens (including phenoxy) is 1. The second-order valence-corrected chi connectivity index (χ2v) is 7.73. The largest absolute Gasteiger partial charge is 0.484 e. The number of likely N-dealkylation sites (tertiary alicyclic amines) is 1. The van der Waals surface area contributed by atoms with Gasteiger partial charge in [0.2, 0.25) is 5.91 Å². The Morgan fingerprint density at radius 2 is 2.00 bits per heavy atom. The summed E-state index contributed by atoms with van der Waals surface area (Å²) in [4.78, 5) is 26.8. The molecule has 1 aromatic rings. The number of amides is 2. The van der Waals surface area contributed by atoms with Crippen LogP contribution in [-0.2, 0) is 4.79 Å². The van der Waals surface area contributed by atoms with E-state index in [1.807, 2.05) is 23.1 Å². The van der Waals surface area contributed by atoms with Gasteiger partial charge in [0.1, 0.15) is 11.4 Å². The summed E-state index contributed by atoms with van der Waals surface area (Å²) in [5.74, 6) is 3.22. The van der Waals surface area contributed by atoms with Crippen LogP contribution in [0.1, 0.15) is 48.9 Å². The molecule has 0 aliphatic carbocycles.